The summed E-state index contributed by atoms with van der Waals surface area (Å²) in [5.41, 5.74) is 0. The van der Waals surface area contributed by atoms with Gasteiger partial charge in [0.1, 0.15) is 0 Å². The van der Waals surface area contributed by atoms with E-state index in [4.69, 9.17) is 0 Å². The summed E-state index contributed by atoms with van der Waals surface area (Å²) in [5, 5.41) is 0. The molecule has 0 bridgehead atoms. The van der Waals surface area contributed by atoms with Gasteiger partial charge in [-0.2, -0.15) is 0 Å². The van der Waals surface area contributed by atoms with Crippen molar-refractivity contribution in [1.82, 2.24) is 9.91 Å². The van der Waals surface area contributed by atoms with Gasteiger partial charge in [0.15, 0.2) is 0 Å². The zero-order valence-electron chi connectivity index (χ0n) is 12.0. The van der Waals surface area contributed by atoms with Gasteiger partial charge in [0.05, 0.1) is 0 Å². The molecule has 0 saturated heterocycles. The van der Waals surface area contributed by atoms with Crippen LogP contribution in [-0.4, -0.2) is 49.2 Å². The molecule has 4 heteroatoms. The third-order valence-electron chi connectivity index (χ3n) is 2.95. The predicted molar refractivity (Wildman–Crippen MR) is 68.8 cm³/mol. The Balaban J connectivity index is 4.84. The van der Waals surface area contributed by atoms with Crippen molar-refractivity contribution in [1.29, 1.82) is 0 Å². The van der Waals surface area contributed by atoms with E-state index in [-0.39, 0.29) is 0 Å². The standard InChI is InChI=1S/3C4H10N.Nb/c3*1-3-5-4-2;/h3*3-4H2,1-2H3;/q3*-1;+3. The van der Waals surface area contributed by atoms with Crippen molar-refractivity contribution in [3.63, 3.8) is 0 Å². The number of hydrogen-bond acceptors (Lipinski definition) is 3. The minimum absolute atomic E-state index is 1.20. The Morgan fingerprint density at radius 3 is 0.812 bits per heavy atom. The van der Waals surface area contributed by atoms with Gasteiger partial charge < -0.3 is 0 Å². The molecular formula is C12H30N3Nb. The van der Waals surface area contributed by atoms with Crippen LogP contribution >= 0.6 is 0 Å². The fourth-order valence-corrected chi connectivity index (χ4v) is 8.34. The van der Waals surface area contributed by atoms with Crippen LogP contribution in [-0.2, 0) is 19.2 Å². The van der Waals surface area contributed by atoms with Gasteiger partial charge in [-0.25, -0.2) is 0 Å². The molecule has 0 aromatic carbocycles. The molecule has 3 nitrogen and oxygen atoms in total. The third kappa shape index (κ3) is 4.47. The molecule has 0 radical (unpaired) electrons. The first-order valence-corrected chi connectivity index (χ1v) is 9.69. The maximum atomic E-state index is 2.72. The number of rotatable bonds is 9. The van der Waals surface area contributed by atoms with Crippen LogP contribution in [0.15, 0.2) is 0 Å². The molecule has 0 aromatic rings. The first-order valence-electron chi connectivity index (χ1n) is 6.74. The summed E-state index contributed by atoms with van der Waals surface area (Å²) in [6, 6.07) is 0. The monoisotopic (exact) mass is 309 g/mol. The van der Waals surface area contributed by atoms with E-state index in [9.17, 15) is 0 Å². The zero-order chi connectivity index (χ0) is 12.6. The van der Waals surface area contributed by atoms with Crippen LogP contribution in [0.4, 0.5) is 0 Å². The van der Waals surface area contributed by atoms with Crippen molar-refractivity contribution in [2.45, 2.75) is 41.5 Å². The Morgan fingerprint density at radius 2 is 0.688 bits per heavy atom. The summed E-state index contributed by atoms with van der Waals surface area (Å²) in [6.45, 7) is 21.0. The molecule has 0 unspecified atom stereocenters. The normalized spacial score (nSPS) is 12.4. The molecule has 0 atom stereocenters. The quantitative estimate of drug-likeness (QED) is 0.606. The molecule has 0 fully saturated rings. The topological polar surface area (TPSA) is 9.72 Å². The van der Waals surface area contributed by atoms with Gasteiger partial charge in [-0.1, -0.05) is 0 Å². The van der Waals surface area contributed by atoms with Crippen LogP contribution in [0, 0.1) is 0 Å². The molecule has 0 saturated carbocycles. The number of hydrogen-bond donors (Lipinski definition) is 0. The summed E-state index contributed by atoms with van der Waals surface area (Å²) in [5.74, 6) is 0. The van der Waals surface area contributed by atoms with Crippen LogP contribution in [0.3, 0.4) is 0 Å². The summed E-state index contributed by atoms with van der Waals surface area (Å²) in [7, 11) is 0. The molecule has 0 aliphatic carbocycles. The summed E-state index contributed by atoms with van der Waals surface area (Å²) < 4.78 is 8.18. The minimum atomic E-state index is -1.57. The molecule has 0 rings (SSSR count). The van der Waals surface area contributed by atoms with Gasteiger partial charge in [0, 0.05) is 0 Å². The zero-order valence-corrected chi connectivity index (χ0v) is 14.2. The molecule has 0 aliphatic heterocycles. The molecule has 0 heterocycles. The molecule has 0 amide bonds. The Hall–Kier alpha value is 0.620. The summed E-state index contributed by atoms with van der Waals surface area (Å²) >= 11 is -1.57. The SMILES string of the molecule is CC[N](CC)[Nb]([N](CC)CC)[N](CC)CC. The molecule has 16 heavy (non-hydrogen) atoms. The van der Waals surface area contributed by atoms with Crippen LogP contribution < -0.4 is 0 Å². The average molecular weight is 309 g/mol. The van der Waals surface area contributed by atoms with E-state index < -0.39 is 19.2 Å². The second-order valence-corrected chi connectivity index (χ2v) is 9.18. The van der Waals surface area contributed by atoms with E-state index in [1.807, 2.05) is 0 Å². The second kappa shape index (κ2) is 9.63. The van der Waals surface area contributed by atoms with E-state index in [1.54, 1.807) is 0 Å². The van der Waals surface area contributed by atoms with Crippen LogP contribution in [0.1, 0.15) is 41.5 Å². The molecular weight excluding hydrogens is 279 g/mol. The predicted octanol–water partition coefficient (Wildman–Crippen LogP) is 2.38. The van der Waals surface area contributed by atoms with Crippen molar-refractivity contribution < 1.29 is 19.2 Å². The van der Waals surface area contributed by atoms with Crippen LogP contribution in [0.5, 0.6) is 0 Å². The van der Waals surface area contributed by atoms with Crippen molar-refractivity contribution >= 4 is 0 Å². The number of nitrogens with zero attached hydrogens (tertiary/aromatic N) is 3. The van der Waals surface area contributed by atoms with E-state index in [0.717, 1.165) is 0 Å². The van der Waals surface area contributed by atoms with Gasteiger partial charge in [-0.05, 0) is 0 Å². The Bertz CT molecular complexity index is 126. The second-order valence-electron chi connectivity index (χ2n) is 3.69. The first kappa shape index (κ1) is 16.6. The molecule has 0 aliphatic rings. The Labute approximate surface area is 110 Å². The Morgan fingerprint density at radius 1 is 0.500 bits per heavy atom. The molecule has 0 aromatic heterocycles. The Kier molecular flexibility index (Phi) is 10.0. The van der Waals surface area contributed by atoms with Crippen LogP contribution in [0.2, 0.25) is 0 Å². The third-order valence-corrected chi connectivity index (χ3v) is 10.9. The fraction of sp³-hybridized carbons (Fsp3) is 1.00. The summed E-state index contributed by atoms with van der Waals surface area (Å²) in [6.07, 6.45) is 0. The average Bonchev–Trinajstić information content (AvgIpc) is 2.33. The van der Waals surface area contributed by atoms with E-state index in [2.05, 4.69) is 51.5 Å². The van der Waals surface area contributed by atoms with Gasteiger partial charge in [0.25, 0.3) is 0 Å². The van der Waals surface area contributed by atoms with E-state index in [1.165, 1.54) is 39.3 Å². The van der Waals surface area contributed by atoms with Crippen molar-refractivity contribution in [3.8, 4) is 0 Å². The van der Waals surface area contributed by atoms with E-state index >= 15 is 0 Å². The van der Waals surface area contributed by atoms with Crippen molar-refractivity contribution in [3.05, 3.63) is 0 Å². The fourth-order valence-electron chi connectivity index (χ4n) is 1.97. The molecule has 0 N–H and O–H groups in total. The first-order chi connectivity index (χ1) is 7.69. The molecule has 0 spiro atoms. The van der Waals surface area contributed by atoms with Crippen molar-refractivity contribution in [2.24, 2.45) is 0 Å². The van der Waals surface area contributed by atoms with Crippen LogP contribution in [0.25, 0.3) is 0 Å². The summed E-state index contributed by atoms with van der Waals surface area (Å²) in [4.78, 5) is 0. The van der Waals surface area contributed by atoms with Gasteiger partial charge in [-0.3, -0.25) is 0 Å². The van der Waals surface area contributed by atoms with Gasteiger partial charge in [-0.15, -0.1) is 0 Å². The van der Waals surface area contributed by atoms with Gasteiger partial charge >= 0.3 is 110 Å². The van der Waals surface area contributed by atoms with Crippen molar-refractivity contribution in [2.75, 3.05) is 39.3 Å². The molecule has 98 valence electrons. The van der Waals surface area contributed by atoms with Gasteiger partial charge in [0.2, 0.25) is 0 Å². The maximum absolute atomic E-state index is 2.72. The van der Waals surface area contributed by atoms with E-state index in [0.29, 0.717) is 0 Å².